The molecule has 2 aromatic heterocycles. The van der Waals surface area contributed by atoms with Gasteiger partial charge in [-0.2, -0.15) is 0 Å². The summed E-state index contributed by atoms with van der Waals surface area (Å²) in [5.41, 5.74) is 7.30. The van der Waals surface area contributed by atoms with Gasteiger partial charge >= 0.3 is 0 Å². The molecule has 2 fully saturated rings. The Balaban J connectivity index is 1.66. The molecule has 2 aliphatic rings. The molecule has 0 unspecified atom stereocenters. The quantitative estimate of drug-likeness (QED) is 0.852. The molecule has 0 bridgehead atoms. The van der Waals surface area contributed by atoms with Crippen LogP contribution in [0.15, 0.2) is 29.0 Å². The van der Waals surface area contributed by atoms with Crippen LogP contribution in [0.3, 0.4) is 0 Å². The zero-order valence-electron chi connectivity index (χ0n) is 9.60. The van der Waals surface area contributed by atoms with E-state index in [1.54, 1.807) is 12.5 Å². The van der Waals surface area contributed by atoms with Gasteiger partial charge in [-0.15, -0.1) is 0 Å². The van der Waals surface area contributed by atoms with Crippen LogP contribution < -0.4 is 10.6 Å². The number of hydrogen-bond acceptors (Lipinski definition) is 4. The highest BCUT2D eigenvalue weighted by molar-refractivity contribution is 5.88. The van der Waals surface area contributed by atoms with Crippen molar-refractivity contribution in [2.45, 2.75) is 18.4 Å². The third kappa shape index (κ3) is 1.30. The summed E-state index contributed by atoms with van der Waals surface area (Å²) < 4.78 is 5.39. The van der Waals surface area contributed by atoms with E-state index in [0.29, 0.717) is 0 Å². The zero-order chi connectivity index (χ0) is 11.5. The Hall–Kier alpha value is -1.55. The summed E-state index contributed by atoms with van der Waals surface area (Å²) in [5.74, 6) is 1.75. The smallest absolute Gasteiger partial charge is 0.139 e. The predicted molar refractivity (Wildman–Crippen MR) is 65.9 cm³/mol. The molecule has 3 heterocycles. The van der Waals surface area contributed by atoms with Crippen LogP contribution in [0.25, 0.3) is 11.0 Å². The first-order chi connectivity index (χ1) is 8.26. The lowest BCUT2D eigenvalue weighted by Crippen LogP contribution is -2.69. The second-order valence-electron chi connectivity index (χ2n) is 5.33. The third-order valence-corrected chi connectivity index (χ3v) is 4.02. The Bertz CT molecular complexity index is 567. The molecule has 0 radical (unpaired) electrons. The van der Waals surface area contributed by atoms with Crippen molar-refractivity contribution < 1.29 is 4.42 Å². The lowest BCUT2D eigenvalue weighted by molar-refractivity contribution is 0.290. The number of nitrogens with zero attached hydrogens (tertiary/aromatic N) is 2. The van der Waals surface area contributed by atoms with Crippen LogP contribution in [-0.2, 0) is 0 Å². The fourth-order valence-corrected chi connectivity index (χ4v) is 2.86. The molecule has 4 heteroatoms. The van der Waals surface area contributed by atoms with E-state index >= 15 is 0 Å². The average Bonchev–Trinajstić information content (AvgIpc) is 3.03. The number of hydrogen-bond donors (Lipinski definition) is 1. The van der Waals surface area contributed by atoms with Crippen molar-refractivity contribution in [2.75, 3.05) is 18.0 Å². The lowest BCUT2D eigenvalue weighted by atomic mass is 9.85. The van der Waals surface area contributed by atoms with Gasteiger partial charge in [0, 0.05) is 19.3 Å². The van der Waals surface area contributed by atoms with Crippen LogP contribution in [0.4, 0.5) is 5.82 Å². The minimum Gasteiger partial charge on any atom is -0.464 e. The maximum absolute atomic E-state index is 6.36. The molecular weight excluding hydrogens is 214 g/mol. The van der Waals surface area contributed by atoms with Gasteiger partial charge in [-0.1, -0.05) is 0 Å². The summed E-state index contributed by atoms with van der Waals surface area (Å²) in [6, 6.07) is 3.88. The summed E-state index contributed by atoms with van der Waals surface area (Å²) in [6.07, 6.45) is 6.11. The van der Waals surface area contributed by atoms with Gasteiger partial charge in [-0.3, -0.25) is 0 Å². The van der Waals surface area contributed by atoms with Crippen LogP contribution in [0.5, 0.6) is 0 Å². The Labute approximate surface area is 99.4 Å². The first kappa shape index (κ1) is 9.48. The Kier molecular flexibility index (Phi) is 1.68. The molecule has 0 amide bonds. The van der Waals surface area contributed by atoms with Crippen molar-refractivity contribution in [3.05, 3.63) is 24.6 Å². The van der Waals surface area contributed by atoms with Gasteiger partial charge in [0.25, 0.3) is 0 Å². The molecule has 88 valence electrons. The van der Waals surface area contributed by atoms with E-state index in [2.05, 4.69) is 9.88 Å². The first-order valence-corrected chi connectivity index (χ1v) is 6.12. The second-order valence-corrected chi connectivity index (χ2v) is 5.33. The first-order valence-electron chi connectivity index (χ1n) is 6.12. The van der Waals surface area contributed by atoms with Gasteiger partial charge in [-0.05, 0) is 30.9 Å². The fraction of sp³-hybridized carbons (Fsp3) is 0.462. The summed E-state index contributed by atoms with van der Waals surface area (Å²) in [4.78, 5) is 6.72. The number of aromatic nitrogens is 1. The van der Waals surface area contributed by atoms with Gasteiger partial charge in [0.05, 0.1) is 17.2 Å². The number of furan rings is 1. The molecule has 4 nitrogen and oxygen atoms in total. The van der Waals surface area contributed by atoms with Crippen molar-refractivity contribution in [3.63, 3.8) is 0 Å². The molecule has 1 aliphatic carbocycles. The summed E-state index contributed by atoms with van der Waals surface area (Å²) >= 11 is 0. The van der Waals surface area contributed by atoms with Crippen LogP contribution in [0.1, 0.15) is 12.8 Å². The predicted octanol–water partition coefficient (Wildman–Crippen LogP) is 1.76. The van der Waals surface area contributed by atoms with Crippen molar-refractivity contribution >= 4 is 16.8 Å². The molecule has 2 aromatic rings. The molecule has 0 spiro atoms. The minimum absolute atomic E-state index is 0.0353. The Morgan fingerprint density at radius 2 is 2.18 bits per heavy atom. The number of nitrogens with two attached hydrogens (primary N) is 1. The highest BCUT2D eigenvalue weighted by atomic mass is 16.3. The molecule has 0 atom stereocenters. The molecule has 1 aliphatic heterocycles. The van der Waals surface area contributed by atoms with Crippen LogP contribution >= 0.6 is 0 Å². The molecule has 1 saturated heterocycles. The van der Waals surface area contributed by atoms with Crippen molar-refractivity contribution in [1.82, 2.24) is 4.98 Å². The van der Waals surface area contributed by atoms with E-state index in [9.17, 15) is 0 Å². The number of anilines is 1. The number of pyridine rings is 1. The number of rotatable bonds is 2. The third-order valence-electron chi connectivity index (χ3n) is 4.02. The van der Waals surface area contributed by atoms with E-state index in [-0.39, 0.29) is 5.54 Å². The van der Waals surface area contributed by atoms with Crippen LogP contribution in [-0.4, -0.2) is 23.6 Å². The van der Waals surface area contributed by atoms with Gasteiger partial charge in [0.15, 0.2) is 0 Å². The maximum Gasteiger partial charge on any atom is 0.139 e. The van der Waals surface area contributed by atoms with Crippen LogP contribution in [0.2, 0.25) is 0 Å². The highest BCUT2D eigenvalue weighted by Crippen LogP contribution is 2.44. The largest absolute Gasteiger partial charge is 0.464 e. The van der Waals surface area contributed by atoms with Gasteiger partial charge in [0.1, 0.15) is 11.4 Å². The van der Waals surface area contributed by atoms with Crippen molar-refractivity contribution in [3.8, 4) is 0 Å². The normalized spacial score (nSPS) is 22.8. The molecule has 0 aromatic carbocycles. The summed E-state index contributed by atoms with van der Waals surface area (Å²) in [7, 11) is 0. The lowest BCUT2D eigenvalue weighted by Gasteiger charge is -2.49. The van der Waals surface area contributed by atoms with E-state index in [0.717, 1.165) is 35.8 Å². The van der Waals surface area contributed by atoms with E-state index in [1.165, 1.54) is 12.8 Å². The van der Waals surface area contributed by atoms with E-state index in [4.69, 9.17) is 10.2 Å². The van der Waals surface area contributed by atoms with Crippen LogP contribution in [0, 0.1) is 5.92 Å². The maximum atomic E-state index is 6.36. The topological polar surface area (TPSA) is 55.3 Å². The second kappa shape index (κ2) is 3.01. The fourth-order valence-electron chi connectivity index (χ4n) is 2.86. The van der Waals surface area contributed by atoms with Gasteiger partial charge in [0.2, 0.25) is 0 Å². The molecular formula is C13H15N3O. The SMILES string of the molecule is NC1(C2CC2)CN(c2nccc3occc23)C1. The van der Waals surface area contributed by atoms with Crippen molar-refractivity contribution in [1.29, 1.82) is 0 Å². The van der Waals surface area contributed by atoms with E-state index in [1.807, 2.05) is 12.1 Å². The molecule has 4 rings (SSSR count). The van der Waals surface area contributed by atoms with Crippen molar-refractivity contribution in [2.24, 2.45) is 11.7 Å². The minimum atomic E-state index is 0.0353. The van der Waals surface area contributed by atoms with Gasteiger partial charge < -0.3 is 15.1 Å². The zero-order valence-corrected chi connectivity index (χ0v) is 9.60. The number of fused-ring (bicyclic) bond motifs is 1. The Morgan fingerprint density at radius 1 is 1.35 bits per heavy atom. The molecule has 1 saturated carbocycles. The Morgan fingerprint density at radius 3 is 2.94 bits per heavy atom. The average molecular weight is 229 g/mol. The van der Waals surface area contributed by atoms with E-state index < -0.39 is 0 Å². The monoisotopic (exact) mass is 229 g/mol. The molecule has 2 N–H and O–H groups in total. The summed E-state index contributed by atoms with van der Waals surface area (Å²) in [5, 5.41) is 1.09. The highest BCUT2D eigenvalue weighted by Gasteiger charge is 2.50. The van der Waals surface area contributed by atoms with Gasteiger partial charge in [-0.25, -0.2) is 4.98 Å². The molecule has 17 heavy (non-hydrogen) atoms. The standard InChI is InChI=1S/C13H15N3O/c14-13(9-1-2-9)7-16(8-13)12-10-4-6-17-11(10)3-5-15-12/h3-6,9H,1-2,7-8,14H2. The summed E-state index contributed by atoms with van der Waals surface area (Å²) in [6.45, 7) is 1.85.